The molecule has 0 amide bonds. The molecule has 0 aromatic heterocycles. The van der Waals surface area contributed by atoms with E-state index in [0.29, 0.717) is 6.61 Å². The number of unbranched alkanes of at least 4 members (excludes halogenated alkanes) is 1. The van der Waals surface area contributed by atoms with Gasteiger partial charge in [0, 0.05) is 7.11 Å². The van der Waals surface area contributed by atoms with E-state index < -0.39 is 9.84 Å². The zero-order valence-electron chi connectivity index (χ0n) is 9.79. The third-order valence-electron chi connectivity index (χ3n) is 2.08. The van der Waals surface area contributed by atoms with Gasteiger partial charge in [-0.3, -0.25) is 0 Å². The molecule has 0 aliphatic rings. The van der Waals surface area contributed by atoms with Gasteiger partial charge in [0.05, 0.1) is 18.1 Å². The van der Waals surface area contributed by atoms with Crippen molar-refractivity contribution in [2.24, 2.45) is 0 Å². The minimum Gasteiger partial charge on any atom is -0.384 e. The second-order valence-electron chi connectivity index (χ2n) is 3.60. The molecule has 0 aromatic rings. The number of hydrogen-bond donors (Lipinski definition) is 1. The fraction of sp³-hybridized carbons (Fsp3) is 1.00. The third-order valence-corrected chi connectivity index (χ3v) is 3.78. The fourth-order valence-electron chi connectivity index (χ4n) is 1.19. The van der Waals surface area contributed by atoms with E-state index >= 15 is 0 Å². The average molecular weight is 237 g/mol. The highest BCUT2D eigenvalue weighted by Crippen LogP contribution is 1.97. The van der Waals surface area contributed by atoms with Crippen LogP contribution >= 0.6 is 0 Å². The van der Waals surface area contributed by atoms with E-state index in [0.717, 1.165) is 32.4 Å². The highest BCUT2D eigenvalue weighted by atomic mass is 32.2. The Morgan fingerprint density at radius 3 is 2.47 bits per heavy atom. The Bertz CT molecular complexity index is 227. The molecular formula is C10H23NO3S. The summed E-state index contributed by atoms with van der Waals surface area (Å²) in [6, 6.07) is 0. The lowest BCUT2D eigenvalue weighted by molar-refractivity contribution is 0.217. The Morgan fingerprint density at radius 2 is 1.87 bits per heavy atom. The van der Waals surface area contributed by atoms with Gasteiger partial charge in [0.2, 0.25) is 0 Å². The predicted molar refractivity (Wildman–Crippen MR) is 62.9 cm³/mol. The van der Waals surface area contributed by atoms with Crippen LogP contribution in [0.5, 0.6) is 0 Å². The fourth-order valence-corrected chi connectivity index (χ4v) is 2.45. The van der Waals surface area contributed by atoms with Gasteiger partial charge >= 0.3 is 0 Å². The van der Waals surface area contributed by atoms with E-state index in [1.807, 2.05) is 0 Å². The molecule has 0 saturated heterocycles. The van der Waals surface area contributed by atoms with Gasteiger partial charge in [-0.15, -0.1) is 0 Å². The number of nitrogens with one attached hydrogen (secondary N) is 1. The highest BCUT2D eigenvalue weighted by molar-refractivity contribution is 7.91. The molecule has 0 unspecified atom stereocenters. The molecule has 0 aliphatic heterocycles. The van der Waals surface area contributed by atoms with Crippen LogP contribution in [0.25, 0.3) is 0 Å². The van der Waals surface area contributed by atoms with Crippen molar-refractivity contribution in [3.63, 3.8) is 0 Å². The summed E-state index contributed by atoms with van der Waals surface area (Å²) in [5, 5.41) is 3.24. The van der Waals surface area contributed by atoms with Gasteiger partial charge in [0.25, 0.3) is 0 Å². The number of sulfone groups is 1. The van der Waals surface area contributed by atoms with Gasteiger partial charge in [-0.2, -0.15) is 0 Å². The maximum absolute atomic E-state index is 11.4. The molecule has 92 valence electrons. The molecule has 0 radical (unpaired) electrons. The van der Waals surface area contributed by atoms with Gasteiger partial charge in [0.1, 0.15) is 0 Å². The molecule has 5 heteroatoms. The first kappa shape index (κ1) is 14.9. The molecule has 0 saturated carbocycles. The van der Waals surface area contributed by atoms with Crippen molar-refractivity contribution in [1.29, 1.82) is 0 Å². The Balaban J connectivity index is 3.41. The number of ether oxygens (including phenoxy) is 1. The van der Waals surface area contributed by atoms with E-state index in [-0.39, 0.29) is 11.5 Å². The Kier molecular flexibility index (Phi) is 9.04. The SMILES string of the molecule is CCCNCCCCS(=O)(=O)CCOC. The molecule has 0 aliphatic carbocycles. The zero-order chi connectivity index (χ0) is 11.6. The maximum Gasteiger partial charge on any atom is 0.152 e. The van der Waals surface area contributed by atoms with Crippen molar-refractivity contribution in [3.05, 3.63) is 0 Å². The van der Waals surface area contributed by atoms with Crippen molar-refractivity contribution in [3.8, 4) is 0 Å². The van der Waals surface area contributed by atoms with Crippen LogP contribution in [-0.2, 0) is 14.6 Å². The lowest BCUT2D eigenvalue weighted by Crippen LogP contribution is -2.18. The highest BCUT2D eigenvalue weighted by Gasteiger charge is 2.09. The molecular weight excluding hydrogens is 214 g/mol. The third kappa shape index (κ3) is 10.2. The average Bonchev–Trinajstić information content (AvgIpc) is 2.20. The first-order valence-corrected chi connectivity index (χ1v) is 7.34. The van der Waals surface area contributed by atoms with Crippen LogP contribution in [-0.4, -0.2) is 46.7 Å². The van der Waals surface area contributed by atoms with Crippen molar-refractivity contribution in [1.82, 2.24) is 5.32 Å². The van der Waals surface area contributed by atoms with Gasteiger partial charge in [-0.05, 0) is 32.4 Å². The zero-order valence-corrected chi connectivity index (χ0v) is 10.6. The van der Waals surface area contributed by atoms with E-state index in [1.54, 1.807) is 0 Å². The standard InChI is InChI=1S/C10H23NO3S/c1-3-6-11-7-4-5-9-15(12,13)10-8-14-2/h11H,3-10H2,1-2H3. The molecule has 4 nitrogen and oxygen atoms in total. The van der Waals surface area contributed by atoms with Crippen LogP contribution in [0.4, 0.5) is 0 Å². The lowest BCUT2D eigenvalue weighted by atomic mass is 10.3. The molecule has 0 aromatic carbocycles. The molecule has 0 atom stereocenters. The largest absolute Gasteiger partial charge is 0.384 e. The van der Waals surface area contributed by atoms with Crippen molar-refractivity contribution >= 4 is 9.84 Å². The van der Waals surface area contributed by atoms with Crippen LogP contribution < -0.4 is 5.32 Å². The Labute approximate surface area is 93.3 Å². The van der Waals surface area contributed by atoms with Crippen LogP contribution in [0, 0.1) is 0 Å². The Morgan fingerprint density at radius 1 is 1.13 bits per heavy atom. The molecule has 0 fully saturated rings. The summed E-state index contributed by atoms with van der Waals surface area (Å²) in [7, 11) is -1.37. The summed E-state index contributed by atoms with van der Waals surface area (Å²) in [5.41, 5.74) is 0. The molecule has 15 heavy (non-hydrogen) atoms. The summed E-state index contributed by atoms with van der Waals surface area (Å²) in [6.07, 6.45) is 2.78. The topological polar surface area (TPSA) is 55.4 Å². The quantitative estimate of drug-likeness (QED) is 0.572. The van der Waals surface area contributed by atoms with E-state index in [1.165, 1.54) is 7.11 Å². The second-order valence-corrected chi connectivity index (χ2v) is 5.91. The summed E-state index contributed by atoms with van der Waals surface area (Å²) >= 11 is 0. The smallest absolute Gasteiger partial charge is 0.152 e. The minimum atomic E-state index is -2.89. The molecule has 0 rings (SSSR count). The van der Waals surface area contributed by atoms with E-state index in [9.17, 15) is 8.42 Å². The number of methoxy groups -OCH3 is 1. The molecule has 0 heterocycles. The minimum absolute atomic E-state index is 0.145. The van der Waals surface area contributed by atoms with Gasteiger partial charge in [-0.25, -0.2) is 8.42 Å². The molecule has 1 N–H and O–H groups in total. The van der Waals surface area contributed by atoms with Gasteiger partial charge in [-0.1, -0.05) is 6.92 Å². The number of rotatable bonds is 10. The first-order valence-electron chi connectivity index (χ1n) is 5.52. The molecule has 0 bridgehead atoms. The monoisotopic (exact) mass is 237 g/mol. The van der Waals surface area contributed by atoms with Crippen LogP contribution in [0.15, 0.2) is 0 Å². The van der Waals surface area contributed by atoms with Crippen LogP contribution in [0.1, 0.15) is 26.2 Å². The summed E-state index contributed by atoms with van der Waals surface area (Å²) in [6.45, 7) is 4.34. The Hall–Kier alpha value is -0.130. The van der Waals surface area contributed by atoms with Crippen molar-refractivity contribution in [2.45, 2.75) is 26.2 Å². The normalized spacial score (nSPS) is 11.9. The predicted octanol–water partition coefficient (Wildman–Crippen LogP) is 0.827. The molecule has 0 spiro atoms. The summed E-state index contributed by atoms with van der Waals surface area (Å²) in [4.78, 5) is 0. The summed E-state index contributed by atoms with van der Waals surface area (Å²) < 4.78 is 27.5. The maximum atomic E-state index is 11.4. The van der Waals surface area contributed by atoms with Crippen molar-refractivity contribution < 1.29 is 13.2 Å². The summed E-state index contributed by atoms with van der Waals surface area (Å²) in [5.74, 6) is 0.427. The van der Waals surface area contributed by atoms with Gasteiger partial charge in [0.15, 0.2) is 9.84 Å². The van der Waals surface area contributed by atoms with Gasteiger partial charge < -0.3 is 10.1 Å². The van der Waals surface area contributed by atoms with Crippen LogP contribution in [0.3, 0.4) is 0 Å². The van der Waals surface area contributed by atoms with Crippen molar-refractivity contribution in [2.75, 3.05) is 38.3 Å². The number of hydrogen-bond acceptors (Lipinski definition) is 4. The first-order chi connectivity index (χ1) is 7.12. The van der Waals surface area contributed by atoms with Crippen LogP contribution in [0.2, 0.25) is 0 Å². The van der Waals surface area contributed by atoms with E-state index in [4.69, 9.17) is 4.74 Å². The lowest BCUT2D eigenvalue weighted by Gasteiger charge is -2.04. The van der Waals surface area contributed by atoms with E-state index in [2.05, 4.69) is 12.2 Å². The second kappa shape index (κ2) is 9.12.